The van der Waals surface area contributed by atoms with E-state index in [2.05, 4.69) is 9.72 Å². The van der Waals surface area contributed by atoms with Crippen LogP contribution in [0.4, 0.5) is 0 Å². The van der Waals surface area contributed by atoms with Crippen molar-refractivity contribution in [3.8, 4) is 0 Å². The van der Waals surface area contributed by atoms with Gasteiger partial charge < -0.3 is 9.72 Å². The van der Waals surface area contributed by atoms with Gasteiger partial charge in [-0.05, 0) is 23.6 Å². The minimum atomic E-state index is -0.353. The summed E-state index contributed by atoms with van der Waals surface area (Å²) in [6, 6.07) is 9.93. The first-order valence-corrected chi connectivity index (χ1v) is 4.63. The zero-order valence-corrected chi connectivity index (χ0v) is 8.36. The first-order chi connectivity index (χ1) is 7.29. The number of aromatic amines is 1. The highest BCUT2D eigenvalue weighted by Crippen LogP contribution is 2.15. The second-order valence-electron chi connectivity index (χ2n) is 3.17. The Morgan fingerprint density at radius 3 is 2.93 bits per heavy atom. The highest BCUT2D eigenvalue weighted by atomic mass is 16.5. The molecule has 0 saturated heterocycles. The number of aromatic nitrogens is 1. The van der Waals surface area contributed by atoms with E-state index in [1.807, 2.05) is 30.3 Å². The Hall–Kier alpha value is -2.03. The van der Waals surface area contributed by atoms with Gasteiger partial charge in [-0.3, -0.25) is 0 Å². The SMILES string of the molecule is COC(=O)/C=C/c1cc2ccccc2[nH]1. The molecule has 0 fully saturated rings. The number of hydrogen-bond donors (Lipinski definition) is 1. The molecule has 0 aliphatic carbocycles. The number of carbonyl (C=O) groups is 1. The van der Waals surface area contributed by atoms with Crippen molar-refractivity contribution in [1.82, 2.24) is 4.98 Å². The predicted molar refractivity (Wildman–Crippen MR) is 59.3 cm³/mol. The van der Waals surface area contributed by atoms with Crippen LogP contribution in [0.5, 0.6) is 0 Å². The van der Waals surface area contributed by atoms with Crippen molar-refractivity contribution in [1.29, 1.82) is 0 Å². The second kappa shape index (κ2) is 4.00. The summed E-state index contributed by atoms with van der Waals surface area (Å²) in [7, 11) is 1.36. The average molecular weight is 201 g/mol. The first-order valence-electron chi connectivity index (χ1n) is 4.63. The Morgan fingerprint density at radius 2 is 2.20 bits per heavy atom. The van der Waals surface area contributed by atoms with Crippen molar-refractivity contribution >= 4 is 22.9 Å². The number of esters is 1. The van der Waals surface area contributed by atoms with E-state index in [4.69, 9.17) is 0 Å². The fraction of sp³-hybridized carbons (Fsp3) is 0.0833. The maximum atomic E-state index is 10.9. The summed E-state index contributed by atoms with van der Waals surface area (Å²) >= 11 is 0. The lowest BCUT2D eigenvalue weighted by Crippen LogP contribution is -1.93. The van der Waals surface area contributed by atoms with E-state index < -0.39 is 0 Å². The minimum Gasteiger partial charge on any atom is -0.466 e. The summed E-state index contributed by atoms with van der Waals surface area (Å²) in [6.45, 7) is 0. The Balaban J connectivity index is 2.29. The number of methoxy groups -OCH3 is 1. The second-order valence-corrected chi connectivity index (χ2v) is 3.17. The highest BCUT2D eigenvalue weighted by molar-refractivity contribution is 5.89. The average Bonchev–Trinajstić information content (AvgIpc) is 2.68. The van der Waals surface area contributed by atoms with Gasteiger partial charge in [0.1, 0.15) is 0 Å². The quantitative estimate of drug-likeness (QED) is 0.598. The van der Waals surface area contributed by atoms with Crippen LogP contribution >= 0.6 is 0 Å². The Labute approximate surface area is 87.4 Å². The molecule has 0 saturated carbocycles. The smallest absolute Gasteiger partial charge is 0.330 e. The van der Waals surface area contributed by atoms with Gasteiger partial charge in [0.05, 0.1) is 7.11 Å². The van der Waals surface area contributed by atoms with Gasteiger partial charge in [0.2, 0.25) is 0 Å². The monoisotopic (exact) mass is 201 g/mol. The maximum absolute atomic E-state index is 10.9. The van der Waals surface area contributed by atoms with E-state index in [1.54, 1.807) is 6.08 Å². The summed E-state index contributed by atoms with van der Waals surface area (Å²) in [5, 5.41) is 1.13. The largest absolute Gasteiger partial charge is 0.466 e. The standard InChI is InChI=1S/C12H11NO2/c1-15-12(14)7-6-10-8-9-4-2-3-5-11(9)13-10/h2-8,13H,1H3/b7-6+. The van der Waals surface area contributed by atoms with Crippen LogP contribution in [0, 0.1) is 0 Å². The summed E-state index contributed by atoms with van der Waals surface area (Å²) in [6.07, 6.45) is 3.09. The molecular weight excluding hydrogens is 190 g/mol. The van der Waals surface area contributed by atoms with Crippen LogP contribution in [0.15, 0.2) is 36.4 Å². The van der Waals surface area contributed by atoms with Crippen molar-refractivity contribution < 1.29 is 9.53 Å². The molecule has 0 aliphatic heterocycles. The zero-order chi connectivity index (χ0) is 10.7. The van der Waals surface area contributed by atoms with Gasteiger partial charge >= 0.3 is 5.97 Å². The van der Waals surface area contributed by atoms with E-state index in [9.17, 15) is 4.79 Å². The topological polar surface area (TPSA) is 42.1 Å². The van der Waals surface area contributed by atoms with Crippen LogP contribution < -0.4 is 0 Å². The third-order valence-electron chi connectivity index (χ3n) is 2.15. The molecule has 1 aromatic heterocycles. The molecule has 0 radical (unpaired) electrons. The predicted octanol–water partition coefficient (Wildman–Crippen LogP) is 2.35. The number of H-pyrrole nitrogens is 1. The molecule has 15 heavy (non-hydrogen) atoms. The number of benzene rings is 1. The molecule has 1 N–H and O–H groups in total. The van der Waals surface area contributed by atoms with Crippen LogP contribution in [0.25, 0.3) is 17.0 Å². The molecule has 76 valence electrons. The van der Waals surface area contributed by atoms with Crippen LogP contribution in [0.3, 0.4) is 0 Å². The molecule has 2 rings (SSSR count). The van der Waals surface area contributed by atoms with Crippen molar-refractivity contribution in [2.24, 2.45) is 0 Å². The van der Waals surface area contributed by atoms with E-state index >= 15 is 0 Å². The molecule has 0 aliphatic rings. The minimum absolute atomic E-state index is 0.353. The van der Waals surface area contributed by atoms with Crippen molar-refractivity contribution in [3.05, 3.63) is 42.1 Å². The molecule has 1 heterocycles. The number of nitrogens with one attached hydrogen (secondary N) is 1. The molecule has 1 aromatic carbocycles. The van der Waals surface area contributed by atoms with Gasteiger partial charge in [-0.15, -0.1) is 0 Å². The molecule has 3 nitrogen and oxygen atoms in total. The Bertz CT molecular complexity index is 478. The van der Waals surface area contributed by atoms with Crippen molar-refractivity contribution in [2.45, 2.75) is 0 Å². The van der Waals surface area contributed by atoms with Crippen LogP contribution in [-0.2, 0) is 9.53 Å². The van der Waals surface area contributed by atoms with Gasteiger partial charge in [0.25, 0.3) is 0 Å². The Kier molecular flexibility index (Phi) is 2.54. The van der Waals surface area contributed by atoms with Gasteiger partial charge in [0, 0.05) is 17.3 Å². The molecule has 0 atom stereocenters. The molecule has 0 bridgehead atoms. The molecule has 2 aromatic rings. The zero-order valence-electron chi connectivity index (χ0n) is 8.36. The number of para-hydroxylation sites is 1. The molecule has 0 unspecified atom stereocenters. The summed E-state index contributed by atoms with van der Waals surface area (Å²) in [5.74, 6) is -0.353. The van der Waals surface area contributed by atoms with E-state index in [0.29, 0.717) is 0 Å². The van der Waals surface area contributed by atoms with Gasteiger partial charge in [-0.2, -0.15) is 0 Å². The summed E-state index contributed by atoms with van der Waals surface area (Å²) in [4.78, 5) is 14.1. The fourth-order valence-corrected chi connectivity index (χ4v) is 1.41. The van der Waals surface area contributed by atoms with E-state index in [1.165, 1.54) is 13.2 Å². The lowest BCUT2D eigenvalue weighted by molar-refractivity contribution is -0.134. The van der Waals surface area contributed by atoms with Crippen LogP contribution in [0.1, 0.15) is 5.69 Å². The van der Waals surface area contributed by atoms with Gasteiger partial charge in [-0.25, -0.2) is 4.79 Å². The maximum Gasteiger partial charge on any atom is 0.330 e. The number of rotatable bonds is 2. The lowest BCUT2D eigenvalue weighted by Gasteiger charge is -1.88. The summed E-state index contributed by atoms with van der Waals surface area (Å²) in [5.41, 5.74) is 1.95. The molecule has 0 amide bonds. The summed E-state index contributed by atoms with van der Waals surface area (Å²) < 4.78 is 4.51. The number of ether oxygens (including phenoxy) is 1. The molecule has 0 spiro atoms. The normalized spacial score (nSPS) is 11.0. The first kappa shape index (κ1) is 9.52. The highest BCUT2D eigenvalue weighted by Gasteiger charge is 1.97. The van der Waals surface area contributed by atoms with Crippen molar-refractivity contribution in [3.63, 3.8) is 0 Å². The fourth-order valence-electron chi connectivity index (χ4n) is 1.41. The third-order valence-corrected chi connectivity index (χ3v) is 2.15. The van der Waals surface area contributed by atoms with Crippen LogP contribution in [0.2, 0.25) is 0 Å². The lowest BCUT2D eigenvalue weighted by atomic mass is 10.2. The Morgan fingerprint density at radius 1 is 1.40 bits per heavy atom. The number of hydrogen-bond acceptors (Lipinski definition) is 2. The molecule has 3 heteroatoms. The number of carbonyl (C=O) groups excluding carboxylic acids is 1. The van der Waals surface area contributed by atoms with E-state index in [-0.39, 0.29) is 5.97 Å². The van der Waals surface area contributed by atoms with Crippen LogP contribution in [-0.4, -0.2) is 18.1 Å². The number of fused-ring (bicyclic) bond motifs is 1. The van der Waals surface area contributed by atoms with Gasteiger partial charge in [0.15, 0.2) is 0 Å². The van der Waals surface area contributed by atoms with Crippen molar-refractivity contribution in [2.75, 3.05) is 7.11 Å². The van der Waals surface area contributed by atoms with Gasteiger partial charge in [-0.1, -0.05) is 18.2 Å². The molecular formula is C12H11NO2. The third kappa shape index (κ3) is 2.07. The van der Waals surface area contributed by atoms with E-state index in [0.717, 1.165) is 16.6 Å².